The van der Waals surface area contributed by atoms with Gasteiger partial charge in [-0.1, -0.05) is 6.07 Å². The second-order valence-corrected chi connectivity index (χ2v) is 5.10. The van der Waals surface area contributed by atoms with E-state index in [-0.39, 0.29) is 10.6 Å². The van der Waals surface area contributed by atoms with Gasteiger partial charge in [-0.15, -0.1) is 0 Å². The molecule has 0 unspecified atom stereocenters. The van der Waals surface area contributed by atoms with Gasteiger partial charge in [-0.25, -0.2) is 17.2 Å². The Labute approximate surface area is 102 Å². The molecule has 1 N–H and O–H groups in total. The Morgan fingerprint density at radius 3 is 2.61 bits per heavy atom. The van der Waals surface area contributed by atoms with E-state index in [1.54, 1.807) is 0 Å². The number of sulfonamides is 1. The summed E-state index contributed by atoms with van der Waals surface area (Å²) in [6.07, 6.45) is 2.12. The number of nitrogens with zero attached hydrogens (tertiary/aromatic N) is 1. The molecule has 0 aliphatic rings. The summed E-state index contributed by atoms with van der Waals surface area (Å²) in [6.45, 7) is 0. The topological polar surface area (TPSA) is 59.1 Å². The molecule has 18 heavy (non-hydrogen) atoms. The van der Waals surface area contributed by atoms with Crippen molar-refractivity contribution in [1.29, 1.82) is 0 Å². The molecule has 94 valence electrons. The van der Waals surface area contributed by atoms with Crippen LogP contribution in [0.5, 0.6) is 0 Å². The van der Waals surface area contributed by atoms with E-state index >= 15 is 0 Å². The average Bonchev–Trinajstić information content (AvgIpc) is 2.32. The van der Waals surface area contributed by atoms with Crippen molar-refractivity contribution < 1.29 is 17.2 Å². The SMILES string of the molecule is O=S(=O)(Nc1ccncc1F)c1cccc(F)c1. The Bertz CT molecular complexity index is 674. The molecule has 0 fully saturated rings. The number of nitrogens with one attached hydrogen (secondary N) is 1. The van der Waals surface area contributed by atoms with Crippen LogP contribution in [-0.2, 0) is 10.0 Å². The molecule has 4 nitrogen and oxygen atoms in total. The molecule has 2 rings (SSSR count). The van der Waals surface area contributed by atoms with E-state index < -0.39 is 21.7 Å². The number of hydrogen-bond acceptors (Lipinski definition) is 3. The zero-order valence-electron chi connectivity index (χ0n) is 8.97. The molecule has 7 heteroatoms. The van der Waals surface area contributed by atoms with Gasteiger partial charge >= 0.3 is 0 Å². The van der Waals surface area contributed by atoms with Gasteiger partial charge in [-0.2, -0.15) is 0 Å². The lowest BCUT2D eigenvalue weighted by molar-refractivity contribution is 0.593. The summed E-state index contributed by atoms with van der Waals surface area (Å²) >= 11 is 0. The summed E-state index contributed by atoms with van der Waals surface area (Å²) in [5, 5.41) is 0. The molecule has 0 spiro atoms. The third-order valence-electron chi connectivity index (χ3n) is 2.12. The fraction of sp³-hybridized carbons (Fsp3) is 0. The lowest BCUT2D eigenvalue weighted by atomic mass is 10.4. The molecule has 0 bridgehead atoms. The van der Waals surface area contributed by atoms with E-state index in [9.17, 15) is 17.2 Å². The van der Waals surface area contributed by atoms with Crippen molar-refractivity contribution in [1.82, 2.24) is 4.98 Å². The fourth-order valence-corrected chi connectivity index (χ4v) is 2.39. The normalized spacial score (nSPS) is 11.2. The van der Waals surface area contributed by atoms with Crippen molar-refractivity contribution >= 4 is 15.7 Å². The third-order valence-corrected chi connectivity index (χ3v) is 3.49. The van der Waals surface area contributed by atoms with Crippen LogP contribution in [0, 0.1) is 11.6 Å². The monoisotopic (exact) mass is 270 g/mol. The summed E-state index contributed by atoms with van der Waals surface area (Å²) in [4.78, 5) is 3.21. The highest BCUT2D eigenvalue weighted by molar-refractivity contribution is 7.92. The maximum atomic E-state index is 13.3. The third kappa shape index (κ3) is 2.62. The lowest BCUT2D eigenvalue weighted by Crippen LogP contribution is -2.14. The van der Waals surface area contributed by atoms with E-state index in [4.69, 9.17) is 0 Å². The second-order valence-electron chi connectivity index (χ2n) is 3.42. The lowest BCUT2D eigenvalue weighted by Gasteiger charge is -2.08. The quantitative estimate of drug-likeness (QED) is 0.929. The van der Waals surface area contributed by atoms with Crippen LogP contribution in [0.2, 0.25) is 0 Å². The van der Waals surface area contributed by atoms with Crippen molar-refractivity contribution in [2.75, 3.05) is 4.72 Å². The molecule has 0 aliphatic heterocycles. The van der Waals surface area contributed by atoms with Gasteiger partial charge in [0.15, 0.2) is 5.82 Å². The minimum Gasteiger partial charge on any atom is -0.277 e. The summed E-state index contributed by atoms with van der Waals surface area (Å²) in [5.74, 6) is -1.49. The first kappa shape index (κ1) is 12.4. The molecule has 0 aliphatic carbocycles. The largest absolute Gasteiger partial charge is 0.277 e. The number of aromatic nitrogens is 1. The molecule has 0 saturated heterocycles. The summed E-state index contributed by atoms with van der Waals surface area (Å²) in [6, 6.07) is 5.61. The van der Waals surface area contributed by atoms with Crippen LogP contribution in [0.25, 0.3) is 0 Å². The first-order valence-electron chi connectivity index (χ1n) is 4.87. The number of rotatable bonds is 3. The number of halogens is 2. The molecule has 1 aromatic carbocycles. The Morgan fingerprint density at radius 1 is 1.17 bits per heavy atom. The second kappa shape index (κ2) is 4.69. The van der Waals surface area contributed by atoms with Gasteiger partial charge in [0.2, 0.25) is 0 Å². The molecule has 0 radical (unpaired) electrons. The molecule has 1 heterocycles. The summed E-state index contributed by atoms with van der Waals surface area (Å²) in [7, 11) is -4.02. The molecule has 1 aromatic heterocycles. The van der Waals surface area contributed by atoms with E-state index in [2.05, 4.69) is 4.98 Å². The van der Waals surface area contributed by atoms with Gasteiger partial charge in [0.25, 0.3) is 10.0 Å². The van der Waals surface area contributed by atoms with Crippen molar-refractivity contribution in [2.24, 2.45) is 0 Å². The van der Waals surface area contributed by atoms with Crippen molar-refractivity contribution in [3.8, 4) is 0 Å². The first-order chi connectivity index (χ1) is 8.49. The number of anilines is 1. The highest BCUT2D eigenvalue weighted by Gasteiger charge is 2.16. The smallest absolute Gasteiger partial charge is 0.262 e. The zero-order valence-corrected chi connectivity index (χ0v) is 9.79. The Balaban J connectivity index is 2.37. The van der Waals surface area contributed by atoms with Crippen LogP contribution in [0.15, 0.2) is 47.6 Å². The van der Waals surface area contributed by atoms with E-state index in [1.165, 1.54) is 24.4 Å². The number of benzene rings is 1. The van der Waals surface area contributed by atoms with Crippen LogP contribution in [0.1, 0.15) is 0 Å². The van der Waals surface area contributed by atoms with Crippen molar-refractivity contribution in [2.45, 2.75) is 4.90 Å². The molecule has 0 atom stereocenters. The molecular weight excluding hydrogens is 262 g/mol. The Morgan fingerprint density at radius 2 is 1.94 bits per heavy atom. The number of pyridine rings is 1. The van der Waals surface area contributed by atoms with Crippen LogP contribution in [0.4, 0.5) is 14.5 Å². The van der Waals surface area contributed by atoms with Gasteiger partial charge in [0, 0.05) is 6.20 Å². The van der Waals surface area contributed by atoms with Gasteiger partial charge in [-0.3, -0.25) is 9.71 Å². The maximum Gasteiger partial charge on any atom is 0.262 e. The van der Waals surface area contributed by atoms with E-state index in [1.807, 2.05) is 4.72 Å². The highest BCUT2D eigenvalue weighted by Crippen LogP contribution is 2.18. The van der Waals surface area contributed by atoms with Crippen LogP contribution in [0.3, 0.4) is 0 Å². The predicted molar refractivity (Wildman–Crippen MR) is 61.4 cm³/mol. The molecule has 0 saturated carbocycles. The summed E-state index contributed by atoms with van der Waals surface area (Å²) < 4.78 is 51.9. The average molecular weight is 270 g/mol. The standard InChI is InChI=1S/C11H8F2N2O2S/c12-8-2-1-3-9(6-8)18(16,17)15-11-4-5-14-7-10(11)13/h1-7H,(H,14,15). The van der Waals surface area contributed by atoms with Crippen LogP contribution >= 0.6 is 0 Å². The predicted octanol–water partition coefficient (Wildman–Crippen LogP) is 2.16. The van der Waals surface area contributed by atoms with Crippen LogP contribution < -0.4 is 4.72 Å². The minimum atomic E-state index is -4.02. The highest BCUT2D eigenvalue weighted by atomic mass is 32.2. The zero-order chi connectivity index (χ0) is 13.2. The van der Waals surface area contributed by atoms with E-state index in [0.717, 1.165) is 18.3 Å². The van der Waals surface area contributed by atoms with Crippen molar-refractivity contribution in [3.05, 3.63) is 54.4 Å². The molecule has 0 amide bonds. The number of hydrogen-bond donors (Lipinski definition) is 1. The first-order valence-corrected chi connectivity index (χ1v) is 6.35. The van der Waals surface area contributed by atoms with Crippen molar-refractivity contribution in [3.63, 3.8) is 0 Å². The van der Waals surface area contributed by atoms with Crippen LogP contribution in [-0.4, -0.2) is 13.4 Å². The van der Waals surface area contributed by atoms with E-state index in [0.29, 0.717) is 0 Å². The van der Waals surface area contributed by atoms with Gasteiger partial charge in [0.1, 0.15) is 5.82 Å². The molecule has 2 aromatic rings. The fourth-order valence-electron chi connectivity index (χ4n) is 1.30. The minimum absolute atomic E-state index is 0.241. The summed E-state index contributed by atoms with van der Waals surface area (Å²) in [5.41, 5.74) is -0.241. The van der Waals surface area contributed by atoms with Gasteiger partial charge < -0.3 is 0 Å². The molecular formula is C11H8F2N2O2S. The Hall–Kier alpha value is -2.02. The Kier molecular flexibility index (Phi) is 3.24. The van der Waals surface area contributed by atoms with Gasteiger partial charge in [0.05, 0.1) is 16.8 Å². The van der Waals surface area contributed by atoms with Gasteiger partial charge in [-0.05, 0) is 24.3 Å². The maximum absolute atomic E-state index is 13.3.